The smallest absolute Gasteiger partial charge is 0.238 e. The fraction of sp³-hybridized carbons (Fsp3) is 0. The van der Waals surface area contributed by atoms with Crippen LogP contribution in [0.1, 0.15) is 0 Å². The Morgan fingerprint density at radius 3 is 2.68 bits per heavy atom. The largest absolute Gasteiger partial charge is 0.492 e. The summed E-state index contributed by atoms with van der Waals surface area (Å²) in [5.41, 5.74) is 0.360. The summed E-state index contributed by atoms with van der Waals surface area (Å²) in [6, 6.07) is 7.70. The number of aromatic hydroxyl groups is 1. The number of nitrogens with zero attached hydrogens (tertiary/aromatic N) is 2. The van der Waals surface area contributed by atoms with Crippen molar-refractivity contribution in [3.05, 3.63) is 53.1 Å². The molecule has 0 atom stereocenters. The quantitative estimate of drug-likeness (QED) is 0.739. The zero-order chi connectivity index (χ0) is 13.6. The van der Waals surface area contributed by atoms with Crippen LogP contribution in [0.4, 0.5) is 8.78 Å². The topological polar surface area (TPSA) is 38.1 Å². The molecule has 0 fully saturated rings. The van der Waals surface area contributed by atoms with Gasteiger partial charge in [-0.2, -0.15) is 0 Å². The fourth-order valence-corrected chi connectivity index (χ4v) is 2.08. The van der Waals surface area contributed by atoms with Gasteiger partial charge in [-0.15, -0.1) is 5.10 Å². The van der Waals surface area contributed by atoms with Crippen molar-refractivity contribution in [2.24, 2.45) is 0 Å². The second-order valence-corrected chi connectivity index (χ2v) is 4.43. The summed E-state index contributed by atoms with van der Waals surface area (Å²) in [5, 5.41) is 14.3. The molecule has 0 saturated carbocycles. The van der Waals surface area contributed by atoms with Gasteiger partial charge in [-0.3, -0.25) is 0 Å². The standard InChI is InChI=1S/C13H7ClF2N2O/c14-7-1-4-11-9(5-7)13(19)17-18(11)12-6-8(15)2-3-10(12)16/h1-6H,(H,17,19). The highest BCUT2D eigenvalue weighted by atomic mass is 35.5. The monoisotopic (exact) mass is 280 g/mol. The van der Waals surface area contributed by atoms with Crippen molar-refractivity contribution in [3.8, 4) is 11.6 Å². The van der Waals surface area contributed by atoms with Crippen LogP contribution in [0.15, 0.2) is 36.4 Å². The predicted octanol–water partition coefficient (Wildman–Crippen LogP) is 3.66. The van der Waals surface area contributed by atoms with Gasteiger partial charge in [0.25, 0.3) is 0 Å². The van der Waals surface area contributed by atoms with E-state index in [0.29, 0.717) is 15.9 Å². The van der Waals surface area contributed by atoms with Crippen molar-refractivity contribution in [2.45, 2.75) is 0 Å². The molecule has 0 aliphatic heterocycles. The van der Waals surface area contributed by atoms with E-state index in [0.717, 1.165) is 22.9 Å². The van der Waals surface area contributed by atoms with Crippen molar-refractivity contribution >= 4 is 22.5 Å². The number of fused-ring (bicyclic) bond motifs is 1. The van der Waals surface area contributed by atoms with Crippen LogP contribution in [0, 0.1) is 11.6 Å². The molecule has 6 heteroatoms. The molecule has 0 spiro atoms. The lowest BCUT2D eigenvalue weighted by atomic mass is 10.2. The van der Waals surface area contributed by atoms with Crippen LogP contribution in [0.5, 0.6) is 5.88 Å². The maximum Gasteiger partial charge on any atom is 0.238 e. The fourth-order valence-electron chi connectivity index (χ4n) is 1.91. The molecule has 2 aromatic carbocycles. The molecule has 1 N–H and O–H groups in total. The Hall–Kier alpha value is -2.14. The minimum Gasteiger partial charge on any atom is -0.492 e. The third-order valence-electron chi connectivity index (χ3n) is 2.76. The Bertz CT molecular complexity index is 786. The van der Waals surface area contributed by atoms with Gasteiger partial charge in [0.05, 0.1) is 10.9 Å². The molecule has 0 amide bonds. The second kappa shape index (κ2) is 4.20. The molecule has 0 unspecified atom stereocenters. The highest BCUT2D eigenvalue weighted by Crippen LogP contribution is 2.29. The predicted molar refractivity (Wildman–Crippen MR) is 67.7 cm³/mol. The summed E-state index contributed by atoms with van der Waals surface area (Å²) in [5.74, 6) is -1.52. The van der Waals surface area contributed by atoms with Gasteiger partial charge in [0, 0.05) is 11.1 Å². The number of benzene rings is 2. The number of rotatable bonds is 1. The van der Waals surface area contributed by atoms with Gasteiger partial charge < -0.3 is 5.11 Å². The highest BCUT2D eigenvalue weighted by Gasteiger charge is 2.14. The lowest BCUT2D eigenvalue weighted by Gasteiger charge is -2.04. The Morgan fingerprint density at radius 2 is 1.89 bits per heavy atom. The van der Waals surface area contributed by atoms with Crippen LogP contribution in [0.25, 0.3) is 16.6 Å². The van der Waals surface area contributed by atoms with Crippen LogP contribution in [0.3, 0.4) is 0 Å². The van der Waals surface area contributed by atoms with E-state index in [1.165, 1.54) is 6.07 Å². The first-order valence-electron chi connectivity index (χ1n) is 5.39. The van der Waals surface area contributed by atoms with Crippen LogP contribution in [0.2, 0.25) is 5.02 Å². The van der Waals surface area contributed by atoms with E-state index >= 15 is 0 Å². The molecule has 0 radical (unpaired) electrons. The minimum absolute atomic E-state index is 0.0763. The number of hydrogen-bond donors (Lipinski definition) is 1. The average Bonchev–Trinajstić information content (AvgIpc) is 2.69. The molecule has 0 aliphatic rings. The molecule has 19 heavy (non-hydrogen) atoms. The van der Waals surface area contributed by atoms with Crippen molar-refractivity contribution in [2.75, 3.05) is 0 Å². The Morgan fingerprint density at radius 1 is 1.11 bits per heavy atom. The molecule has 1 aromatic heterocycles. The van der Waals surface area contributed by atoms with E-state index in [1.54, 1.807) is 12.1 Å². The normalized spacial score (nSPS) is 11.1. The maximum atomic E-state index is 13.7. The first-order chi connectivity index (χ1) is 9.06. The Balaban J connectivity index is 2.34. The molecule has 3 aromatic rings. The lowest BCUT2D eigenvalue weighted by molar-refractivity contribution is 0.451. The number of halogens is 3. The summed E-state index contributed by atoms with van der Waals surface area (Å²) >= 11 is 5.82. The van der Waals surface area contributed by atoms with Gasteiger partial charge in [-0.25, -0.2) is 13.5 Å². The molecule has 0 bridgehead atoms. The van der Waals surface area contributed by atoms with Crippen molar-refractivity contribution < 1.29 is 13.9 Å². The zero-order valence-corrected chi connectivity index (χ0v) is 10.2. The van der Waals surface area contributed by atoms with E-state index in [1.807, 2.05) is 0 Å². The summed E-state index contributed by atoms with van der Waals surface area (Å²) in [6.07, 6.45) is 0. The molecular weight excluding hydrogens is 274 g/mol. The highest BCUT2D eigenvalue weighted by molar-refractivity contribution is 6.31. The molecule has 0 aliphatic carbocycles. The lowest BCUT2D eigenvalue weighted by Crippen LogP contribution is -2.00. The van der Waals surface area contributed by atoms with Crippen LogP contribution in [-0.4, -0.2) is 14.9 Å². The van der Waals surface area contributed by atoms with Gasteiger partial charge in [-0.1, -0.05) is 11.6 Å². The molecule has 1 heterocycles. The van der Waals surface area contributed by atoms with Gasteiger partial charge >= 0.3 is 0 Å². The van der Waals surface area contributed by atoms with Crippen LogP contribution >= 0.6 is 11.6 Å². The maximum absolute atomic E-state index is 13.7. The third kappa shape index (κ3) is 1.92. The number of hydrogen-bond acceptors (Lipinski definition) is 2. The van der Waals surface area contributed by atoms with E-state index in [-0.39, 0.29) is 11.6 Å². The van der Waals surface area contributed by atoms with Crippen molar-refractivity contribution in [1.29, 1.82) is 0 Å². The summed E-state index contributed by atoms with van der Waals surface area (Å²) in [7, 11) is 0. The summed E-state index contributed by atoms with van der Waals surface area (Å²) in [4.78, 5) is 0. The molecule has 96 valence electrons. The average molecular weight is 281 g/mol. The van der Waals surface area contributed by atoms with Gasteiger partial charge in [-0.05, 0) is 30.3 Å². The second-order valence-electron chi connectivity index (χ2n) is 3.99. The summed E-state index contributed by atoms with van der Waals surface area (Å²) < 4.78 is 28.1. The van der Waals surface area contributed by atoms with Crippen molar-refractivity contribution in [3.63, 3.8) is 0 Å². The van der Waals surface area contributed by atoms with Crippen LogP contribution in [-0.2, 0) is 0 Å². The van der Waals surface area contributed by atoms with Gasteiger partial charge in [0.1, 0.15) is 17.3 Å². The Labute approximate surface area is 111 Å². The number of aromatic nitrogens is 2. The third-order valence-corrected chi connectivity index (χ3v) is 2.99. The van der Waals surface area contributed by atoms with E-state index in [4.69, 9.17) is 11.6 Å². The van der Waals surface area contributed by atoms with Gasteiger partial charge in [0.2, 0.25) is 5.88 Å². The zero-order valence-electron chi connectivity index (χ0n) is 9.44. The Kier molecular flexibility index (Phi) is 2.64. The molecular formula is C13H7ClF2N2O. The summed E-state index contributed by atoms with van der Waals surface area (Å²) in [6.45, 7) is 0. The molecule has 3 rings (SSSR count). The van der Waals surface area contributed by atoms with E-state index in [2.05, 4.69) is 5.10 Å². The van der Waals surface area contributed by atoms with E-state index < -0.39 is 11.6 Å². The van der Waals surface area contributed by atoms with Crippen LogP contribution < -0.4 is 0 Å². The minimum atomic E-state index is -0.638. The van der Waals surface area contributed by atoms with E-state index in [9.17, 15) is 13.9 Å². The first-order valence-corrected chi connectivity index (χ1v) is 5.77. The molecule has 3 nitrogen and oxygen atoms in total. The molecule has 0 saturated heterocycles. The first kappa shape index (κ1) is 11.9. The van der Waals surface area contributed by atoms with Gasteiger partial charge in [0.15, 0.2) is 0 Å². The SMILES string of the molecule is Oc1nn(-c2cc(F)ccc2F)c2ccc(Cl)cc12. The van der Waals surface area contributed by atoms with Crippen molar-refractivity contribution in [1.82, 2.24) is 9.78 Å².